The number of ether oxygens (including phenoxy) is 2. The number of nitrogens with zero attached hydrogens (tertiary/aromatic N) is 1. The first-order valence-electron chi connectivity index (χ1n) is 9.38. The number of amides is 1. The first-order valence-corrected chi connectivity index (χ1v) is 9.38. The maximum atomic E-state index is 13.0. The fraction of sp³-hybridized carbons (Fsp3) is 0.381. The van der Waals surface area contributed by atoms with Gasteiger partial charge in [-0.1, -0.05) is 12.1 Å². The Morgan fingerprint density at radius 3 is 2.31 bits per heavy atom. The van der Waals surface area contributed by atoms with Gasteiger partial charge in [0, 0.05) is 24.3 Å². The van der Waals surface area contributed by atoms with Crippen molar-refractivity contribution in [3.63, 3.8) is 0 Å². The van der Waals surface area contributed by atoms with Gasteiger partial charge in [-0.3, -0.25) is 9.59 Å². The Bertz CT molecular complexity index is 885. The third-order valence-electron chi connectivity index (χ3n) is 4.51. The largest absolute Gasteiger partial charge is 0.497 e. The van der Waals surface area contributed by atoms with E-state index >= 15 is 0 Å². The van der Waals surface area contributed by atoms with Gasteiger partial charge in [0.2, 0.25) is 0 Å². The Balaban J connectivity index is 2.62. The van der Waals surface area contributed by atoms with Crippen LogP contribution in [0.3, 0.4) is 0 Å². The predicted molar refractivity (Wildman–Crippen MR) is 107 cm³/mol. The standard InChI is InChI=1S/C21H26N2O6/c1-5-23(11-12-24)20(26)19(25)18-17(14-7-9-15(28-4)10-8-14)16(13(3)22-18)21(27)29-6-2/h7-10,22,24H,5-6,11-12H2,1-4H3. The molecule has 1 amide bonds. The molecule has 1 aromatic carbocycles. The predicted octanol–water partition coefficient (Wildman–Crippen LogP) is 2.20. The van der Waals surface area contributed by atoms with Crippen LogP contribution in [0.1, 0.15) is 40.4 Å². The van der Waals surface area contributed by atoms with Crippen LogP contribution in [-0.2, 0) is 9.53 Å². The molecule has 2 rings (SSSR count). The SMILES string of the molecule is CCOC(=O)c1c(C)[nH]c(C(=O)C(=O)N(CC)CCO)c1-c1ccc(OC)cc1. The monoisotopic (exact) mass is 402 g/mol. The number of hydrogen-bond acceptors (Lipinski definition) is 6. The molecule has 0 spiro atoms. The summed E-state index contributed by atoms with van der Waals surface area (Å²) < 4.78 is 10.3. The van der Waals surface area contributed by atoms with Crippen LogP contribution in [0.2, 0.25) is 0 Å². The summed E-state index contributed by atoms with van der Waals surface area (Å²) in [7, 11) is 1.54. The van der Waals surface area contributed by atoms with E-state index in [9.17, 15) is 14.4 Å². The maximum absolute atomic E-state index is 13.0. The topological polar surface area (TPSA) is 109 Å². The van der Waals surface area contributed by atoms with Crippen LogP contribution in [0.5, 0.6) is 5.75 Å². The summed E-state index contributed by atoms with van der Waals surface area (Å²) in [4.78, 5) is 42.4. The Morgan fingerprint density at radius 2 is 1.79 bits per heavy atom. The summed E-state index contributed by atoms with van der Waals surface area (Å²) in [5.74, 6) is -1.51. The van der Waals surface area contributed by atoms with Crippen LogP contribution in [0, 0.1) is 6.92 Å². The summed E-state index contributed by atoms with van der Waals surface area (Å²) in [5, 5.41) is 9.15. The van der Waals surface area contributed by atoms with E-state index in [4.69, 9.17) is 14.6 Å². The molecule has 1 aromatic heterocycles. The number of likely N-dealkylation sites (N-methyl/N-ethyl adjacent to an activating group) is 1. The average Bonchev–Trinajstić information content (AvgIpc) is 3.08. The van der Waals surface area contributed by atoms with E-state index in [1.807, 2.05) is 0 Å². The van der Waals surface area contributed by atoms with Gasteiger partial charge in [0.05, 0.1) is 25.9 Å². The molecule has 0 aliphatic rings. The number of aromatic nitrogens is 1. The van der Waals surface area contributed by atoms with Gasteiger partial charge in [-0.2, -0.15) is 0 Å². The molecule has 0 saturated heterocycles. The van der Waals surface area contributed by atoms with E-state index in [1.54, 1.807) is 45.0 Å². The third kappa shape index (κ3) is 4.65. The Hall–Kier alpha value is -3.13. The van der Waals surface area contributed by atoms with E-state index in [1.165, 1.54) is 12.0 Å². The fourth-order valence-corrected chi connectivity index (χ4v) is 3.07. The average molecular weight is 402 g/mol. The molecule has 0 aliphatic carbocycles. The van der Waals surface area contributed by atoms with Crippen molar-refractivity contribution >= 4 is 17.7 Å². The van der Waals surface area contributed by atoms with Crippen LogP contribution in [0.15, 0.2) is 24.3 Å². The van der Waals surface area contributed by atoms with Crippen molar-refractivity contribution in [1.29, 1.82) is 0 Å². The molecule has 0 atom stereocenters. The molecule has 0 unspecified atom stereocenters. The second-order valence-corrected chi connectivity index (χ2v) is 6.26. The number of esters is 1. The molecule has 0 fully saturated rings. The minimum atomic E-state index is -0.787. The number of hydrogen-bond donors (Lipinski definition) is 2. The molecule has 0 radical (unpaired) electrons. The Morgan fingerprint density at radius 1 is 1.14 bits per heavy atom. The molecule has 1 heterocycles. The van der Waals surface area contributed by atoms with Crippen molar-refractivity contribution < 1.29 is 29.0 Å². The van der Waals surface area contributed by atoms with Crippen LogP contribution >= 0.6 is 0 Å². The molecular formula is C21H26N2O6. The second kappa shape index (κ2) is 9.88. The van der Waals surface area contributed by atoms with Crippen molar-refractivity contribution in [3.05, 3.63) is 41.2 Å². The van der Waals surface area contributed by atoms with Gasteiger partial charge >= 0.3 is 5.97 Å². The summed E-state index contributed by atoms with van der Waals surface area (Å²) in [6, 6.07) is 6.81. The highest BCUT2D eigenvalue weighted by Gasteiger charge is 2.31. The van der Waals surface area contributed by atoms with Crippen molar-refractivity contribution in [2.45, 2.75) is 20.8 Å². The van der Waals surface area contributed by atoms with E-state index < -0.39 is 17.7 Å². The van der Waals surface area contributed by atoms with Crippen molar-refractivity contribution in [2.24, 2.45) is 0 Å². The van der Waals surface area contributed by atoms with Gasteiger partial charge in [-0.15, -0.1) is 0 Å². The number of benzene rings is 1. The number of aryl methyl sites for hydroxylation is 1. The van der Waals surface area contributed by atoms with Gasteiger partial charge < -0.3 is 24.5 Å². The van der Waals surface area contributed by atoms with Gasteiger partial charge in [0.1, 0.15) is 11.4 Å². The lowest BCUT2D eigenvalue weighted by Crippen LogP contribution is -2.38. The van der Waals surface area contributed by atoms with Crippen LogP contribution in [-0.4, -0.2) is 66.1 Å². The third-order valence-corrected chi connectivity index (χ3v) is 4.51. The van der Waals surface area contributed by atoms with E-state index in [-0.39, 0.29) is 37.6 Å². The summed E-state index contributed by atoms with van der Waals surface area (Å²) in [5.41, 5.74) is 1.52. The fourth-order valence-electron chi connectivity index (χ4n) is 3.07. The summed E-state index contributed by atoms with van der Waals surface area (Å²) in [6.45, 7) is 5.29. The first kappa shape index (κ1) is 22.2. The highest BCUT2D eigenvalue weighted by Crippen LogP contribution is 2.32. The molecule has 8 heteroatoms. The molecule has 2 aromatic rings. The number of carbonyl (C=O) groups excluding carboxylic acids is 3. The Kier molecular flexibility index (Phi) is 7.55. The van der Waals surface area contributed by atoms with Crippen molar-refractivity contribution in [3.8, 4) is 16.9 Å². The Labute approximate surface area is 169 Å². The first-order chi connectivity index (χ1) is 13.9. The number of carbonyl (C=O) groups is 3. The number of H-pyrrole nitrogens is 1. The lowest BCUT2D eigenvalue weighted by molar-refractivity contribution is -0.126. The maximum Gasteiger partial charge on any atom is 0.340 e. The van der Waals surface area contributed by atoms with Crippen molar-refractivity contribution in [1.82, 2.24) is 9.88 Å². The van der Waals surface area contributed by atoms with Gasteiger partial charge in [-0.25, -0.2) is 4.79 Å². The highest BCUT2D eigenvalue weighted by molar-refractivity contribution is 6.43. The zero-order valence-electron chi connectivity index (χ0n) is 17.1. The molecule has 2 N–H and O–H groups in total. The molecule has 0 aliphatic heterocycles. The molecule has 156 valence electrons. The molecule has 0 saturated carbocycles. The minimum absolute atomic E-state index is 0.0112. The molecular weight excluding hydrogens is 376 g/mol. The van der Waals surface area contributed by atoms with Crippen LogP contribution in [0.25, 0.3) is 11.1 Å². The smallest absolute Gasteiger partial charge is 0.340 e. The number of rotatable bonds is 9. The van der Waals surface area contributed by atoms with Gasteiger partial charge in [0.15, 0.2) is 0 Å². The summed E-state index contributed by atoms with van der Waals surface area (Å²) in [6.07, 6.45) is 0. The number of aliphatic hydroxyl groups is 1. The normalized spacial score (nSPS) is 10.5. The van der Waals surface area contributed by atoms with Crippen molar-refractivity contribution in [2.75, 3.05) is 33.4 Å². The lowest BCUT2D eigenvalue weighted by Gasteiger charge is -2.18. The lowest BCUT2D eigenvalue weighted by atomic mass is 9.98. The molecule has 0 bridgehead atoms. The van der Waals surface area contributed by atoms with Crippen LogP contribution in [0.4, 0.5) is 0 Å². The number of ketones is 1. The number of methoxy groups -OCH3 is 1. The number of aromatic amines is 1. The second-order valence-electron chi connectivity index (χ2n) is 6.26. The molecule has 29 heavy (non-hydrogen) atoms. The number of aliphatic hydroxyl groups excluding tert-OH is 1. The van der Waals surface area contributed by atoms with E-state index in [0.29, 0.717) is 22.6 Å². The highest BCUT2D eigenvalue weighted by atomic mass is 16.5. The summed E-state index contributed by atoms with van der Waals surface area (Å²) >= 11 is 0. The van der Waals surface area contributed by atoms with E-state index in [0.717, 1.165) is 0 Å². The zero-order valence-corrected chi connectivity index (χ0v) is 17.1. The van der Waals surface area contributed by atoms with Gasteiger partial charge in [0.25, 0.3) is 11.7 Å². The number of Topliss-reactive ketones (excluding diaryl/α,β-unsaturated/α-hetero) is 1. The van der Waals surface area contributed by atoms with E-state index in [2.05, 4.69) is 4.98 Å². The van der Waals surface area contributed by atoms with Crippen LogP contribution < -0.4 is 4.74 Å². The quantitative estimate of drug-likeness (QED) is 0.378. The van der Waals surface area contributed by atoms with Gasteiger partial charge in [-0.05, 0) is 38.5 Å². The minimum Gasteiger partial charge on any atom is -0.497 e. The molecule has 8 nitrogen and oxygen atoms in total. The number of nitrogens with one attached hydrogen (secondary N) is 1. The zero-order chi connectivity index (χ0) is 21.6.